The number of thiophene rings is 1. The predicted octanol–water partition coefficient (Wildman–Crippen LogP) is 4.37. The fourth-order valence-electron chi connectivity index (χ4n) is 1.29. The summed E-state index contributed by atoms with van der Waals surface area (Å²) in [6.45, 7) is 2.08. The molecule has 76 valence electrons. The lowest BCUT2D eigenvalue weighted by Gasteiger charge is -1.91. The largest absolute Gasteiger partial charge is 0.207 e. The van der Waals surface area contributed by atoms with Gasteiger partial charge in [0.2, 0.25) is 0 Å². The van der Waals surface area contributed by atoms with Crippen LogP contribution in [0, 0.1) is 12.7 Å². The molecule has 0 aliphatic rings. The highest BCUT2D eigenvalue weighted by Crippen LogP contribution is 2.16. The first kappa shape index (κ1) is 10.1. The van der Waals surface area contributed by atoms with Crippen molar-refractivity contribution in [1.82, 2.24) is 0 Å². The Bertz CT molecular complexity index is 466. The van der Waals surface area contributed by atoms with E-state index in [2.05, 4.69) is 18.4 Å². The van der Waals surface area contributed by atoms with Gasteiger partial charge in [-0.1, -0.05) is 18.2 Å². The molecule has 0 amide bonds. The third-order valence-corrected chi connectivity index (χ3v) is 3.08. The summed E-state index contributed by atoms with van der Waals surface area (Å²) in [5.74, 6) is -0.195. The molecule has 0 saturated heterocycles. The minimum Gasteiger partial charge on any atom is -0.207 e. The van der Waals surface area contributed by atoms with E-state index in [0.717, 1.165) is 5.56 Å². The molecule has 1 heterocycles. The first-order valence-electron chi connectivity index (χ1n) is 4.73. The Morgan fingerprint density at radius 1 is 1.13 bits per heavy atom. The summed E-state index contributed by atoms with van der Waals surface area (Å²) in [4.78, 5) is 1.22. The van der Waals surface area contributed by atoms with E-state index in [9.17, 15) is 4.39 Å². The molecule has 2 rings (SSSR count). The highest BCUT2D eigenvalue weighted by Gasteiger charge is 1.92. The van der Waals surface area contributed by atoms with Crippen LogP contribution in [-0.2, 0) is 0 Å². The van der Waals surface area contributed by atoms with E-state index in [1.807, 2.05) is 12.2 Å². The van der Waals surface area contributed by atoms with Crippen LogP contribution >= 0.6 is 11.3 Å². The van der Waals surface area contributed by atoms with Gasteiger partial charge in [0.25, 0.3) is 0 Å². The van der Waals surface area contributed by atoms with Gasteiger partial charge >= 0.3 is 0 Å². The molecular weight excluding hydrogens is 207 g/mol. The molecule has 2 heteroatoms. The Labute approximate surface area is 92.7 Å². The van der Waals surface area contributed by atoms with Crippen LogP contribution in [0.25, 0.3) is 12.2 Å². The van der Waals surface area contributed by atoms with Crippen LogP contribution in [0.3, 0.4) is 0 Å². The van der Waals surface area contributed by atoms with Crippen LogP contribution in [0.4, 0.5) is 4.39 Å². The zero-order valence-electron chi connectivity index (χ0n) is 8.41. The molecule has 0 N–H and O–H groups in total. The van der Waals surface area contributed by atoms with Crippen LogP contribution in [0.1, 0.15) is 16.0 Å². The number of aryl methyl sites for hydroxylation is 1. The third kappa shape index (κ3) is 2.77. The molecule has 0 unspecified atom stereocenters. The van der Waals surface area contributed by atoms with Gasteiger partial charge in [-0.15, -0.1) is 11.3 Å². The van der Waals surface area contributed by atoms with Crippen molar-refractivity contribution in [3.8, 4) is 0 Å². The Morgan fingerprint density at radius 3 is 2.47 bits per heavy atom. The second kappa shape index (κ2) is 4.41. The smallest absolute Gasteiger partial charge is 0.123 e. The summed E-state index contributed by atoms with van der Waals surface area (Å²) >= 11 is 1.71. The van der Waals surface area contributed by atoms with E-state index < -0.39 is 0 Å². The molecule has 0 atom stereocenters. The van der Waals surface area contributed by atoms with Gasteiger partial charge in [0.05, 0.1) is 0 Å². The van der Waals surface area contributed by atoms with Crippen molar-refractivity contribution >= 4 is 23.5 Å². The number of hydrogen-bond acceptors (Lipinski definition) is 1. The van der Waals surface area contributed by atoms with Crippen molar-refractivity contribution in [3.63, 3.8) is 0 Å². The lowest BCUT2D eigenvalue weighted by Crippen LogP contribution is -1.73. The summed E-state index contributed by atoms with van der Waals surface area (Å²) in [6, 6.07) is 8.61. The fourth-order valence-corrected chi connectivity index (χ4v) is 2.08. The maximum atomic E-state index is 12.6. The summed E-state index contributed by atoms with van der Waals surface area (Å²) in [5.41, 5.74) is 2.29. The van der Waals surface area contributed by atoms with Crippen LogP contribution in [0.2, 0.25) is 0 Å². The van der Waals surface area contributed by atoms with Gasteiger partial charge in [0.15, 0.2) is 0 Å². The van der Waals surface area contributed by atoms with Crippen molar-refractivity contribution in [1.29, 1.82) is 0 Å². The molecule has 0 bridgehead atoms. The minimum atomic E-state index is -0.195. The van der Waals surface area contributed by atoms with Crippen molar-refractivity contribution in [3.05, 3.63) is 57.5 Å². The summed E-state index contributed by atoms with van der Waals surface area (Å²) in [6.07, 6.45) is 4.04. The Kier molecular flexibility index (Phi) is 2.97. The number of rotatable bonds is 2. The third-order valence-electron chi connectivity index (χ3n) is 2.06. The molecule has 1 aromatic heterocycles. The average Bonchev–Trinajstić information content (AvgIpc) is 2.64. The van der Waals surface area contributed by atoms with E-state index in [1.54, 1.807) is 23.5 Å². The second-order valence-corrected chi connectivity index (χ2v) is 4.35. The zero-order valence-corrected chi connectivity index (χ0v) is 9.22. The molecule has 0 fully saturated rings. The number of benzene rings is 1. The van der Waals surface area contributed by atoms with Gasteiger partial charge in [-0.05, 0) is 47.7 Å². The van der Waals surface area contributed by atoms with E-state index in [1.165, 1.54) is 22.6 Å². The predicted molar refractivity (Wildman–Crippen MR) is 64.4 cm³/mol. The molecule has 0 saturated carbocycles. The highest BCUT2D eigenvalue weighted by molar-refractivity contribution is 7.11. The van der Waals surface area contributed by atoms with Gasteiger partial charge < -0.3 is 0 Å². The van der Waals surface area contributed by atoms with E-state index in [0.29, 0.717) is 0 Å². The van der Waals surface area contributed by atoms with Crippen LogP contribution in [0.5, 0.6) is 0 Å². The summed E-state index contributed by atoms with van der Waals surface area (Å²) < 4.78 is 12.6. The first-order valence-corrected chi connectivity index (χ1v) is 5.61. The van der Waals surface area contributed by atoms with Crippen LogP contribution < -0.4 is 0 Å². The minimum absolute atomic E-state index is 0.195. The Balaban J connectivity index is 2.14. The zero-order chi connectivity index (χ0) is 10.7. The molecule has 1 aromatic carbocycles. The van der Waals surface area contributed by atoms with Crippen LogP contribution in [-0.4, -0.2) is 0 Å². The van der Waals surface area contributed by atoms with Crippen molar-refractivity contribution in [2.45, 2.75) is 6.92 Å². The molecular formula is C13H11FS. The lowest BCUT2D eigenvalue weighted by molar-refractivity contribution is 0.628. The summed E-state index contributed by atoms with van der Waals surface area (Å²) in [5, 5.41) is 2.12. The molecule has 0 aliphatic heterocycles. The summed E-state index contributed by atoms with van der Waals surface area (Å²) in [7, 11) is 0. The van der Waals surface area contributed by atoms with E-state index in [4.69, 9.17) is 0 Å². The second-order valence-electron chi connectivity index (χ2n) is 3.41. The molecule has 0 radical (unpaired) electrons. The number of hydrogen-bond donors (Lipinski definition) is 0. The van der Waals surface area contributed by atoms with Gasteiger partial charge in [0, 0.05) is 4.88 Å². The first-order chi connectivity index (χ1) is 7.24. The monoisotopic (exact) mass is 218 g/mol. The van der Waals surface area contributed by atoms with Crippen molar-refractivity contribution in [2.75, 3.05) is 0 Å². The van der Waals surface area contributed by atoms with Crippen molar-refractivity contribution in [2.24, 2.45) is 0 Å². The quantitative estimate of drug-likeness (QED) is 0.702. The van der Waals surface area contributed by atoms with Crippen molar-refractivity contribution < 1.29 is 4.39 Å². The van der Waals surface area contributed by atoms with Gasteiger partial charge in [0.1, 0.15) is 5.82 Å². The molecule has 2 aromatic rings. The standard InChI is InChI=1S/C13H11FS/c1-10-8-13(15-9-10)7-4-11-2-5-12(14)6-3-11/h2-9H,1H3/b7-4+. The average molecular weight is 218 g/mol. The Morgan fingerprint density at radius 2 is 1.87 bits per heavy atom. The van der Waals surface area contributed by atoms with E-state index >= 15 is 0 Å². The number of halogens is 1. The normalized spacial score (nSPS) is 11.1. The molecule has 0 nitrogen and oxygen atoms in total. The molecule has 15 heavy (non-hydrogen) atoms. The molecule has 0 aliphatic carbocycles. The van der Waals surface area contributed by atoms with Crippen LogP contribution in [0.15, 0.2) is 35.7 Å². The maximum Gasteiger partial charge on any atom is 0.123 e. The lowest BCUT2D eigenvalue weighted by atomic mass is 10.2. The SMILES string of the molecule is Cc1csc(/C=C/c2ccc(F)cc2)c1. The Hall–Kier alpha value is -1.41. The fraction of sp³-hybridized carbons (Fsp3) is 0.0769. The molecule has 0 spiro atoms. The highest BCUT2D eigenvalue weighted by atomic mass is 32.1. The van der Waals surface area contributed by atoms with E-state index in [-0.39, 0.29) is 5.82 Å². The van der Waals surface area contributed by atoms with Gasteiger partial charge in [-0.3, -0.25) is 0 Å². The topological polar surface area (TPSA) is 0 Å². The van der Waals surface area contributed by atoms with Gasteiger partial charge in [-0.25, -0.2) is 4.39 Å². The van der Waals surface area contributed by atoms with Gasteiger partial charge in [-0.2, -0.15) is 0 Å². The maximum absolute atomic E-state index is 12.6.